The number of hydrogen-bond donors (Lipinski definition) is 2. The molecule has 0 spiro atoms. The third-order valence-electron chi connectivity index (χ3n) is 3.11. The summed E-state index contributed by atoms with van der Waals surface area (Å²) in [7, 11) is 1.61. The van der Waals surface area contributed by atoms with Crippen molar-refractivity contribution >= 4 is 11.8 Å². The lowest BCUT2D eigenvalue weighted by Crippen LogP contribution is -2.42. The summed E-state index contributed by atoms with van der Waals surface area (Å²) in [5.74, 6) is -0.626. The van der Waals surface area contributed by atoms with Crippen molar-refractivity contribution in [3.05, 3.63) is 0 Å². The second-order valence-electron chi connectivity index (χ2n) is 4.73. The molecule has 0 aliphatic carbocycles. The second kappa shape index (κ2) is 12.0. The van der Waals surface area contributed by atoms with E-state index in [1.807, 2.05) is 0 Å². The van der Waals surface area contributed by atoms with Crippen molar-refractivity contribution in [1.82, 2.24) is 10.6 Å². The van der Waals surface area contributed by atoms with Gasteiger partial charge in [-0.05, 0) is 18.8 Å². The molecule has 0 bridgehead atoms. The van der Waals surface area contributed by atoms with Crippen LogP contribution in [0.2, 0.25) is 0 Å². The van der Waals surface area contributed by atoms with Gasteiger partial charge in [-0.1, -0.05) is 33.1 Å². The van der Waals surface area contributed by atoms with Crippen LogP contribution in [-0.2, 0) is 14.3 Å². The minimum atomic E-state index is -0.554. The molecule has 5 nitrogen and oxygen atoms in total. The van der Waals surface area contributed by atoms with Gasteiger partial charge in [-0.2, -0.15) is 0 Å². The Kier molecular flexibility index (Phi) is 11.3. The van der Waals surface area contributed by atoms with Crippen molar-refractivity contribution in [2.75, 3.05) is 26.8 Å². The fourth-order valence-electron chi connectivity index (χ4n) is 1.76. The van der Waals surface area contributed by atoms with E-state index in [9.17, 15) is 9.59 Å². The van der Waals surface area contributed by atoms with E-state index >= 15 is 0 Å². The van der Waals surface area contributed by atoms with E-state index in [1.165, 1.54) is 0 Å². The number of nitrogens with one attached hydrogen (secondary N) is 2. The lowest BCUT2D eigenvalue weighted by molar-refractivity contribution is -0.139. The van der Waals surface area contributed by atoms with Crippen molar-refractivity contribution in [2.24, 2.45) is 5.92 Å². The van der Waals surface area contributed by atoms with Gasteiger partial charge in [0.1, 0.15) is 0 Å². The normalized spacial score (nSPS) is 11.9. The number of rotatable bonds is 10. The molecule has 2 amide bonds. The average molecular weight is 272 g/mol. The molecule has 0 saturated heterocycles. The van der Waals surface area contributed by atoms with Crippen LogP contribution in [0.25, 0.3) is 0 Å². The van der Waals surface area contributed by atoms with Crippen LogP contribution in [0, 0.1) is 5.92 Å². The van der Waals surface area contributed by atoms with Gasteiger partial charge in [0.05, 0.1) is 0 Å². The molecule has 0 aromatic carbocycles. The highest BCUT2D eigenvalue weighted by atomic mass is 16.5. The summed E-state index contributed by atoms with van der Waals surface area (Å²) >= 11 is 0. The highest BCUT2D eigenvalue weighted by molar-refractivity contribution is 6.35. The van der Waals surface area contributed by atoms with Crippen molar-refractivity contribution in [2.45, 2.75) is 46.0 Å². The Balaban J connectivity index is 3.78. The van der Waals surface area contributed by atoms with Gasteiger partial charge in [-0.3, -0.25) is 9.59 Å². The van der Waals surface area contributed by atoms with Gasteiger partial charge in [-0.15, -0.1) is 0 Å². The molecule has 0 fully saturated rings. The van der Waals surface area contributed by atoms with Crippen LogP contribution < -0.4 is 10.6 Å². The highest BCUT2D eigenvalue weighted by Gasteiger charge is 2.14. The molecule has 0 radical (unpaired) electrons. The zero-order valence-electron chi connectivity index (χ0n) is 12.5. The number of unbranched alkanes of at least 4 members (excludes halogenated alkanes) is 1. The Labute approximate surface area is 116 Å². The summed E-state index contributed by atoms with van der Waals surface area (Å²) < 4.78 is 4.86. The predicted molar refractivity (Wildman–Crippen MR) is 75.8 cm³/mol. The van der Waals surface area contributed by atoms with E-state index in [0.29, 0.717) is 32.0 Å². The van der Waals surface area contributed by atoms with Crippen molar-refractivity contribution in [1.29, 1.82) is 0 Å². The molecular formula is C14H28N2O3. The molecule has 0 heterocycles. The van der Waals surface area contributed by atoms with E-state index in [-0.39, 0.29) is 0 Å². The number of hydrogen-bond acceptors (Lipinski definition) is 3. The molecule has 112 valence electrons. The summed E-state index contributed by atoms with van der Waals surface area (Å²) in [5.41, 5.74) is 0. The fourth-order valence-corrected chi connectivity index (χ4v) is 1.76. The van der Waals surface area contributed by atoms with Gasteiger partial charge in [-0.25, -0.2) is 0 Å². The minimum Gasteiger partial charge on any atom is -0.385 e. The number of carbonyl (C=O) groups excluding carboxylic acids is 2. The van der Waals surface area contributed by atoms with Gasteiger partial charge in [0.15, 0.2) is 0 Å². The largest absolute Gasteiger partial charge is 0.385 e. The summed E-state index contributed by atoms with van der Waals surface area (Å²) in [6, 6.07) is 0. The van der Waals surface area contributed by atoms with E-state index in [1.54, 1.807) is 7.11 Å². The molecule has 1 atom stereocenters. The second-order valence-corrected chi connectivity index (χ2v) is 4.73. The molecule has 0 aromatic rings. The summed E-state index contributed by atoms with van der Waals surface area (Å²) in [4.78, 5) is 23.0. The Morgan fingerprint density at radius 1 is 1.11 bits per heavy atom. The molecule has 0 saturated carbocycles. The van der Waals surface area contributed by atoms with Gasteiger partial charge in [0.2, 0.25) is 0 Å². The van der Waals surface area contributed by atoms with Crippen LogP contribution in [0.4, 0.5) is 0 Å². The quantitative estimate of drug-likeness (QED) is 0.467. The van der Waals surface area contributed by atoms with Crippen molar-refractivity contribution in [3.8, 4) is 0 Å². The Morgan fingerprint density at radius 3 is 2.37 bits per heavy atom. The van der Waals surface area contributed by atoms with Crippen LogP contribution in [0.3, 0.4) is 0 Å². The minimum absolute atomic E-state index is 0.463. The van der Waals surface area contributed by atoms with Gasteiger partial charge in [0, 0.05) is 26.8 Å². The summed E-state index contributed by atoms with van der Waals surface area (Å²) in [6.07, 6.45) is 5.16. The van der Waals surface area contributed by atoms with E-state index in [0.717, 1.165) is 25.7 Å². The topological polar surface area (TPSA) is 67.4 Å². The Hall–Kier alpha value is -1.10. The smallest absolute Gasteiger partial charge is 0.309 e. The van der Waals surface area contributed by atoms with E-state index in [2.05, 4.69) is 24.5 Å². The first kappa shape index (κ1) is 17.9. The molecule has 1 unspecified atom stereocenters. The SMILES string of the molecule is CCCCC(CC)CNC(=O)C(=O)NCCCOC. The first-order valence-corrected chi connectivity index (χ1v) is 7.20. The van der Waals surface area contributed by atoms with Crippen LogP contribution in [-0.4, -0.2) is 38.6 Å². The van der Waals surface area contributed by atoms with Crippen LogP contribution in [0.1, 0.15) is 46.0 Å². The number of ether oxygens (including phenoxy) is 1. The lowest BCUT2D eigenvalue weighted by atomic mass is 9.99. The zero-order valence-corrected chi connectivity index (χ0v) is 12.5. The zero-order chi connectivity index (χ0) is 14.5. The standard InChI is InChI=1S/C14H28N2O3/c1-4-6-8-12(5-2)11-16-14(18)13(17)15-9-7-10-19-3/h12H,4-11H2,1-3H3,(H,15,17)(H,16,18). The molecule has 0 rings (SSSR count). The number of amides is 2. The summed E-state index contributed by atoms with van der Waals surface area (Å²) in [5, 5.41) is 5.27. The van der Waals surface area contributed by atoms with Gasteiger partial charge >= 0.3 is 11.8 Å². The molecule has 5 heteroatoms. The molecular weight excluding hydrogens is 244 g/mol. The van der Waals surface area contributed by atoms with Crippen molar-refractivity contribution in [3.63, 3.8) is 0 Å². The Morgan fingerprint density at radius 2 is 1.79 bits per heavy atom. The molecule has 0 aliphatic rings. The number of methoxy groups -OCH3 is 1. The van der Waals surface area contributed by atoms with E-state index < -0.39 is 11.8 Å². The first-order chi connectivity index (χ1) is 9.15. The van der Waals surface area contributed by atoms with Crippen LogP contribution in [0.5, 0.6) is 0 Å². The molecule has 0 aromatic heterocycles. The first-order valence-electron chi connectivity index (χ1n) is 7.20. The Bertz CT molecular complexity index is 257. The third-order valence-corrected chi connectivity index (χ3v) is 3.11. The third kappa shape index (κ3) is 9.47. The monoisotopic (exact) mass is 272 g/mol. The summed E-state index contributed by atoms with van der Waals surface area (Å²) in [6.45, 7) is 5.89. The molecule has 2 N–H and O–H groups in total. The highest BCUT2D eigenvalue weighted by Crippen LogP contribution is 2.10. The maximum absolute atomic E-state index is 11.5. The van der Waals surface area contributed by atoms with Crippen LogP contribution in [0.15, 0.2) is 0 Å². The lowest BCUT2D eigenvalue weighted by Gasteiger charge is -2.15. The van der Waals surface area contributed by atoms with E-state index in [4.69, 9.17) is 4.74 Å². The van der Waals surface area contributed by atoms with Crippen LogP contribution >= 0.6 is 0 Å². The van der Waals surface area contributed by atoms with Crippen molar-refractivity contribution < 1.29 is 14.3 Å². The average Bonchev–Trinajstić information content (AvgIpc) is 2.43. The molecule has 0 aliphatic heterocycles. The molecule has 19 heavy (non-hydrogen) atoms. The number of carbonyl (C=O) groups is 2. The maximum atomic E-state index is 11.5. The predicted octanol–water partition coefficient (Wildman–Crippen LogP) is 1.47. The van der Waals surface area contributed by atoms with Gasteiger partial charge < -0.3 is 15.4 Å². The maximum Gasteiger partial charge on any atom is 0.309 e. The van der Waals surface area contributed by atoms with Gasteiger partial charge in [0.25, 0.3) is 0 Å². The fraction of sp³-hybridized carbons (Fsp3) is 0.857.